The van der Waals surface area contributed by atoms with Gasteiger partial charge in [-0.1, -0.05) is 0 Å². The molecule has 2 aromatic heterocycles. The summed E-state index contributed by atoms with van der Waals surface area (Å²) in [7, 11) is 0. The van der Waals surface area contributed by atoms with Crippen LogP contribution in [0.2, 0.25) is 0 Å². The Bertz CT molecular complexity index is 1510. The molecule has 0 N–H and O–H groups in total. The molecule has 0 saturated carbocycles. The van der Waals surface area contributed by atoms with Crippen molar-refractivity contribution >= 4 is 27.7 Å². The predicted octanol–water partition coefficient (Wildman–Crippen LogP) is 4.74. The van der Waals surface area contributed by atoms with Gasteiger partial charge in [-0.15, -0.1) is 0 Å². The van der Waals surface area contributed by atoms with Crippen molar-refractivity contribution in [3.05, 3.63) is 91.1 Å². The number of fused-ring (bicyclic) bond motifs is 2. The fourth-order valence-corrected chi connectivity index (χ4v) is 3.23. The maximum Gasteiger partial charge on any atom is 0.417 e. The topological polar surface area (TPSA) is 77.5 Å². The van der Waals surface area contributed by atoms with Crippen molar-refractivity contribution in [3.63, 3.8) is 0 Å². The van der Waals surface area contributed by atoms with Crippen molar-refractivity contribution in [3.8, 4) is 0 Å². The minimum Gasteiger partial charge on any atom is -0.422 e. The normalized spacial score (nSPS) is 11.9. The van der Waals surface area contributed by atoms with Gasteiger partial charge < -0.3 is 8.83 Å². The smallest absolute Gasteiger partial charge is 0.417 e. The number of carbonyl (C=O) groups excluding carboxylic acids is 1. The summed E-state index contributed by atoms with van der Waals surface area (Å²) in [5, 5.41) is -0.548. The first-order valence-corrected chi connectivity index (χ1v) is 8.59. The van der Waals surface area contributed by atoms with E-state index in [-0.39, 0.29) is 17.0 Å². The van der Waals surface area contributed by atoms with Crippen LogP contribution in [-0.2, 0) is 6.18 Å². The Morgan fingerprint density at radius 1 is 0.774 bits per heavy atom. The van der Waals surface area contributed by atoms with Crippen LogP contribution < -0.4 is 11.3 Å². The van der Waals surface area contributed by atoms with Gasteiger partial charge in [0.1, 0.15) is 33.9 Å². The zero-order valence-electron chi connectivity index (χ0n) is 15.4. The number of benzene rings is 2. The van der Waals surface area contributed by atoms with Crippen LogP contribution in [0.1, 0.15) is 27.0 Å². The van der Waals surface area contributed by atoms with Crippen LogP contribution in [0.15, 0.2) is 54.8 Å². The van der Waals surface area contributed by atoms with Crippen LogP contribution in [0.25, 0.3) is 21.9 Å². The van der Waals surface area contributed by atoms with Crippen molar-refractivity contribution in [2.45, 2.75) is 13.1 Å². The molecule has 0 amide bonds. The Labute approximate surface area is 168 Å². The fourth-order valence-electron chi connectivity index (χ4n) is 3.23. The molecule has 31 heavy (non-hydrogen) atoms. The van der Waals surface area contributed by atoms with Crippen LogP contribution in [0, 0.1) is 18.6 Å². The first-order valence-electron chi connectivity index (χ1n) is 8.59. The Morgan fingerprint density at radius 2 is 1.26 bits per heavy atom. The maximum absolute atomic E-state index is 13.5. The van der Waals surface area contributed by atoms with Gasteiger partial charge in [0.25, 0.3) is 0 Å². The predicted molar refractivity (Wildman–Crippen MR) is 98.1 cm³/mol. The average molecular weight is 436 g/mol. The summed E-state index contributed by atoms with van der Waals surface area (Å²) < 4.78 is 76.6. The third-order valence-electron chi connectivity index (χ3n) is 4.64. The lowest BCUT2D eigenvalue weighted by Crippen LogP contribution is -2.21. The lowest BCUT2D eigenvalue weighted by atomic mass is 10.0. The summed E-state index contributed by atoms with van der Waals surface area (Å²) in [5.41, 5.74) is -6.15. The number of carbonyl (C=O) groups is 1. The van der Waals surface area contributed by atoms with Gasteiger partial charge in [0.15, 0.2) is 0 Å². The van der Waals surface area contributed by atoms with Crippen LogP contribution >= 0.6 is 0 Å². The second-order valence-corrected chi connectivity index (χ2v) is 6.72. The average Bonchev–Trinajstić information content (AvgIpc) is 2.64. The molecule has 5 nitrogen and oxygen atoms in total. The molecule has 4 aromatic rings. The summed E-state index contributed by atoms with van der Waals surface area (Å²) >= 11 is 0. The number of ketones is 1. The van der Waals surface area contributed by atoms with Crippen molar-refractivity contribution < 1.29 is 35.6 Å². The van der Waals surface area contributed by atoms with E-state index in [4.69, 9.17) is 8.83 Å². The van der Waals surface area contributed by atoms with Gasteiger partial charge in [-0.2, -0.15) is 13.2 Å². The van der Waals surface area contributed by atoms with Crippen molar-refractivity contribution in [1.29, 1.82) is 0 Å². The molecular weight excluding hydrogens is 427 g/mol. The van der Waals surface area contributed by atoms with Crippen LogP contribution in [-0.4, -0.2) is 5.78 Å². The minimum atomic E-state index is -5.01. The Balaban J connectivity index is 1.97. The molecule has 0 aliphatic carbocycles. The lowest BCUT2D eigenvalue weighted by molar-refractivity contribution is -0.136. The highest BCUT2D eigenvalue weighted by Gasteiger charge is 2.34. The monoisotopic (exact) mass is 436 g/mol. The van der Waals surface area contributed by atoms with Crippen LogP contribution in [0.3, 0.4) is 0 Å². The molecule has 10 heteroatoms. The van der Waals surface area contributed by atoms with E-state index < -0.39 is 62.5 Å². The van der Waals surface area contributed by atoms with Gasteiger partial charge in [0, 0.05) is 22.9 Å². The molecule has 0 atom stereocenters. The van der Waals surface area contributed by atoms with Crippen molar-refractivity contribution in [2.75, 3.05) is 0 Å². The Kier molecular flexibility index (Phi) is 4.53. The van der Waals surface area contributed by atoms with E-state index in [2.05, 4.69) is 0 Å². The highest BCUT2D eigenvalue weighted by atomic mass is 19.4. The second kappa shape index (κ2) is 6.86. The Morgan fingerprint density at radius 3 is 1.81 bits per heavy atom. The SMILES string of the molecule is Cc1cc(F)cc2oc(=O)c(C(=O)c3cc4c(C(F)(F)F)cc(F)cc4oc3=O)cc12. The molecule has 0 spiro atoms. The quantitative estimate of drug-likeness (QED) is 0.258. The molecule has 2 heterocycles. The van der Waals surface area contributed by atoms with E-state index >= 15 is 0 Å². The highest BCUT2D eigenvalue weighted by molar-refractivity contribution is 6.11. The third kappa shape index (κ3) is 3.49. The number of hydrogen-bond acceptors (Lipinski definition) is 5. The van der Waals surface area contributed by atoms with E-state index in [1.165, 1.54) is 6.92 Å². The first-order chi connectivity index (χ1) is 14.5. The van der Waals surface area contributed by atoms with Crippen LogP contribution in [0.5, 0.6) is 0 Å². The number of hydrogen-bond donors (Lipinski definition) is 0. The second-order valence-electron chi connectivity index (χ2n) is 6.72. The van der Waals surface area contributed by atoms with E-state index in [0.717, 1.165) is 18.2 Å². The largest absolute Gasteiger partial charge is 0.422 e. The third-order valence-corrected chi connectivity index (χ3v) is 4.64. The molecule has 0 aliphatic heterocycles. The van der Waals surface area contributed by atoms with Gasteiger partial charge in [0.05, 0.1) is 5.56 Å². The molecule has 0 bridgehead atoms. The van der Waals surface area contributed by atoms with E-state index in [0.29, 0.717) is 17.7 Å². The van der Waals surface area contributed by atoms with Crippen molar-refractivity contribution in [1.82, 2.24) is 0 Å². The van der Waals surface area contributed by atoms with E-state index in [1.54, 1.807) is 0 Å². The first kappa shape index (κ1) is 20.5. The highest BCUT2D eigenvalue weighted by Crippen LogP contribution is 2.35. The zero-order valence-corrected chi connectivity index (χ0v) is 15.4. The molecule has 4 rings (SSSR count). The van der Waals surface area contributed by atoms with E-state index in [1.807, 2.05) is 0 Å². The van der Waals surface area contributed by atoms with Crippen LogP contribution in [0.4, 0.5) is 22.0 Å². The summed E-state index contributed by atoms with van der Waals surface area (Å²) in [6, 6.07) is 4.45. The molecule has 0 fully saturated rings. The molecule has 2 aromatic carbocycles. The summed E-state index contributed by atoms with van der Waals surface area (Å²) in [5.74, 6) is -3.23. The van der Waals surface area contributed by atoms with Gasteiger partial charge in [0.2, 0.25) is 5.78 Å². The molecule has 0 aliphatic rings. The number of aryl methyl sites for hydroxylation is 1. The number of alkyl halides is 3. The van der Waals surface area contributed by atoms with Gasteiger partial charge >= 0.3 is 17.4 Å². The maximum atomic E-state index is 13.5. The Hall–Kier alpha value is -3.82. The molecule has 158 valence electrons. The standard InChI is InChI=1S/C21H9F5O5/c1-8-2-9(22)4-16-11(8)6-13(19(28)30-16)18(27)14-7-12-15(21(24,25)26)3-10(23)5-17(12)31-20(14)29/h2-7H,1H3. The summed E-state index contributed by atoms with van der Waals surface area (Å²) in [4.78, 5) is 37.3. The molecule has 0 unspecified atom stereocenters. The van der Waals surface area contributed by atoms with Gasteiger partial charge in [-0.25, -0.2) is 18.4 Å². The van der Waals surface area contributed by atoms with Gasteiger partial charge in [-0.05, 0) is 36.8 Å². The summed E-state index contributed by atoms with van der Waals surface area (Å²) in [6.45, 7) is 1.48. The van der Waals surface area contributed by atoms with Crippen molar-refractivity contribution in [2.24, 2.45) is 0 Å². The summed E-state index contributed by atoms with van der Waals surface area (Å²) in [6.07, 6.45) is -5.01. The minimum absolute atomic E-state index is 0.153. The molecule has 0 saturated heterocycles. The number of halogens is 5. The lowest BCUT2D eigenvalue weighted by Gasteiger charge is -2.11. The molecular formula is C21H9F5O5. The van der Waals surface area contributed by atoms with E-state index in [9.17, 15) is 36.3 Å². The zero-order chi connectivity index (χ0) is 22.7. The fraction of sp³-hybridized carbons (Fsp3) is 0.0952. The molecule has 0 radical (unpaired) electrons. The number of rotatable bonds is 2. The van der Waals surface area contributed by atoms with Gasteiger partial charge in [-0.3, -0.25) is 4.79 Å².